The summed E-state index contributed by atoms with van der Waals surface area (Å²) >= 11 is 1.62. The summed E-state index contributed by atoms with van der Waals surface area (Å²) in [5.74, 6) is 2.60. The minimum Gasteiger partial charge on any atom is -0.485 e. The van der Waals surface area contributed by atoms with E-state index < -0.39 is 6.10 Å². The molecule has 1 atom stereocenters. The molecule has 0 spiro atoms. The molecule has 2 aromatic rings. The van der Waals surface area contributed by atoms with Gasteiger partial charge in [-0.25, -0.2) is 0 Å². The normalized spacial score (nSPS) is 18.4. The zero-order valence-electron chi connectivity index (χ0n) is 16.2. The van der Waals surface area contributed by atoms with Gasteiger partial charge in [-0.3, -0.25) is 9.59 Å². The number of hydrogen-bond acceptors (Lipinski definition) is 5. The molecule has 2 amide bonds. The maximum Gasteiger partial charge on any atom is 0.267 e. The van der Waals surface area contributed by atoms with E-state index in [1.807, 2.05) is 41.3 Å². The van der Waals surface area contributed by atoms with Crippen molar-refractivity contribution in [3.8, 4) is 11.5 Å². The lowest BCUT2D eigenvalue weighted by molar-refractivity contribution is -0.145. The molecule has 2 heterocycles. The molecular formula is C22H24N2O4S. The van der Waals surface area contributed by atoms with Crippen LogP contribution < -0.4 is 9.47 Å². The molecule has 0 bridgehead atoms. The highest BCUT2D eigenvalue weighted by molar-refractivity contribution is 7.99. The molecule has 7 heteroatoms. The minimum atomic E-state index is -0.631. The van der Waals surface area contributed by atoms with Gasteiger partial charge in [0.05, 0.1) is 5.75 Å². The Morgan fingerprint density at radius 3 is 2.31 bits per heavy atom. The van der Waals surface area contributed by atoms with Crippen LogP contribution in [0.3, 0.4) is 0 Å². The number of thioether (sulfide) groups is 1. The van der Waals surface area contributed by atoms with Gasteiger partial charge in [0.2, 0.25) is 12.0 Å². The highest BCUT2D eigenvalue weighted by Crippen LogP contribution is 2.31. The summed E-state index contributed by atoms with van der Waals surface area (Å²) in [6.45, 7) is 2.37. The Morgan fingerprint density at radius 2 is 1.55 bits per heavy atom. The standard InChI is InChI=1S/C22H24N2O4S/c25-21(16-29-15-17-6-2-1-3-7-17)23-10-12-24(13-11-23)22(26)20-14-27-18-8-4-5-9-19(18)28-20/h1-9,20H,10-16H2/t20-/m0/s1. The van der Waals surface area contributed by atoms with Gasteiger partial charge in [0, 0.05) is 31.9 Å². The molecule has 0 aliphatic carbocycles. The second-order valence-corrected chi connectivity index (χ2v) is 8.03. The van der Waals surface area contributed by atoms with Crippen LogP contribution >= 0.6 is 11.8 Å². The first kappa shape index (κ1) is 19.6. The molecule has 2 aliphatic heterocycles. The number of carbonyl (C=O) groups is 2. The number of para-hydroxylation sites is 2. The molecule has 0 saturated carbocycles. The van der Waals surface area contributed by atoms with E-state index in [2.05, 4.69) is 12.1 Å². The van der Waals surface area contributed by atoms with Crippen LogP contribution in [0.1, 0.15) is 5.56 Å². The molecule has 29 heavy (non-hydrogen) atoms. The fraction of sp³-hybridized carbons (Fsp3) is 0.364. The fourth-order valence-corrected chi connectivity index (χ4v) is 4.33. The Morgan fingerprint density at radius 1 is 0.897 bits per heavy atom. The van der Waals surface area contributed by atoms with Crippen LogP contribution in [0.15, 0.2) is 54.6 Å². The summed E-state index contributed by atoms with van der Waals surface area (Å²) < 4.78 is 11.5. The van der Waals surface area contributed by atoms with E-state index in [0.29, 0.717) is 43.4 Å². The predicted octanol–water partition coefficient (Wildman–Crippen LogP) is 2.43. The molecule has 1 fully saturated rings. The van der Waals surface area contributed by atoms with Crippen molar-refractivity contribution in [2.24, 2.45) is 0 Å². The van der Waals surface area contributed by atoms with Crippen molar-refractivity contribution in [2.45, 2.75) is 11.9 Å². The van der Waals surface area contributed by atoms with Crippen LogP contribution in [0, 0.1) is 0 Å². The number of rotatable bonds is 5. The first-order valence-corrected chi connectivity index (χ1v) is 10.9. The van der Waals surface area contributed by atoms with Gasteiger partial charge in [-0.2, -0.15) is 0 Å². The number of benzene rings is 2. The molecule has 2 aliphatic rings. The molecule has 0 radical (unpaired) electrons. The fourth-order valence-electron chi connectivity index (χ4n) is 3.44. The minimum absolute atomic E-state index is 0.0787. The molecule has 0 N–H and O–H groups in total. The van der Waals surface area contributed by atoms with E-state index in [1.54, 1.807) is 22.7 Å². The molecule has 2 aromatic carbocycles. The van der Waals surface area contributed by atoms with Crippen molar-refractivity contribution in [2.75, 3.05) is 38.5 Å². The maximum atomic E-state index is 12.8. The van der Waals surface area contributed by atoms with Crippen LogP contribution in [0.25, 0.3) is 0 Å². The molecule has 152 valence electrons. The lowest BCUT2D eigenvalue weighted by Crippen LogP contribution is -2.55. The summed E-state index contributed by atoms with van der Waals surface area (Å²) in [5, 5.41) is 0. The Kier molecular flexibility index (Phi) is 6.24. The van der Waals surface area contributed by atoms with E-state index in [1.165, 1.54) is 5.56 Å². The number of fused-ring (bicyclic) bond motifs is 1. The first-order chi connectivity index (χ1) is 14.2. The highest BCUT2D eigenvalue weighted by Gasteiger charge is 2.33. The number of piperazine rings is 1. The van der Waals surface area contributed by atoms with Crippen LogP contribution in [-0.2, 0) is 15.3 Å². The van der Waals surface area contributed by atoms with Crippen molar-refractivity contribution in [1.29, 1.82) is 0 Å². The molecule has 6 nitrogen and oxygen atoms in total. The average Bonchev–Trinajstić information content (AvgIpc) is 2.79. The van der Waals surface area contributed by atoms with E-state index >= 15 is 0 Å². The lowest BCUT2D eigenvalue weighted by Gasteiger charge is -2.37. The Hall–Kier alpha value is -2.67. The van der Waals surface area contributed by atoms with Gasteiger partial charge < -0.3 is 19.3 Å². The smallest absolute Gasteiger partial charge is 0.267 e. The number of amides is 2. The molecule has 4 rings (SSSR count). The second kappa shape index (κ2) is 9.22. The molecule has 1 saturated heterocycles. The third-order valence-electron chi connectivity index (χ3n) is 5.07. The van der Waals surface area contributed by atoms with Crippen LogP contribution in [0.5, 0.6) is 11.5 Å². The van der Waals surface area contributed by atoms with Gasteiger partial charge in [-0.05, 0) is 17.7 Å². The average molecular weight is 413 g/mol. The second-order valence-electron chi connectivity index (χ2n) is 7.05. The van der Waals surface area contributed by atoms with E-state index in [0.717, 1.165) is 5.75 Å². The van der Waals surface area contributed by atoms with Crippen molar-refractivity contribution in [3.05, 3.63) is 60.2 Å². The quantitative estimate of drug-likeness (QED) is 0.755. The first-order valence-electron chi connectivity index (χ1n) is 9.77. The van der Waals surface area contributed by atoms with Gasteiger partial charge in [-0.15, -0.1) is 11.8 Å². The number of nitrogens with zero attached hydrogens (tertiary/aromatic N) is 2. The topological polar surface area (TPSA) is 59.1 Å². The number of carbonyl (C=O) groups excluding carboxylic acids is 2. The molecule has 0 aromatic heterocycles. The summed E-state index contributed by atoms with van der Waals surface area (Å²) in [4.78, 5) is 28.9. The van der Waals surface area contributed by atoms with E-state index in [-0.39, 0.29) is 18.4 Å². The van der Waals surface area contributed by atoms with Crippen molar-refractivity contribution >= 4 is 23.6 Å². The zero-order chi connectivity index (χ0) is 20.1. The van der Waals surface area contributed by atoms with Gasteiger partial charge in [-0.1, -0.05) is 42.5 Å². The monoisotopic (exact) mass is 412 g/mol. The Bertz CT molecular complexity index is 853. The largest absolute Gasteiger partial charge is 0.485 e. The van der Waals surface area contributed by atoms with Gasteiger partial charge >= 0.3 is 0 Å². The third-order valence-corrected chi connectivity index (χ3v) is 6.05. The third kappa shape index (κ3) is 4.85. The molecular weight excluding hydrogens is 388 g/mol. The van der Waals surface area contributed by atoms with E-state index in [9.17, 15) is 9.59 Å². The van der Waals surface area contributed by atoms with Crippen molar-refractivity contribution in [1.82, 2.24) is 9.80 Å². The molecule has 0 unspecified atom stereocenters. The summed E-state index contributed by atoms with van der Waals surface area (Å²) in [5.41, 5.74) is 1.22. The van der Waals surface area contributed by atoms with Crippen molar-refractivity contribution < 1.29 is 19.1 Å². The summed E-state index contributed by atoms with van der Waals surface area (Å²) in [6, 6.07) is 17.5. The Balaban J connectivity index is 1.22. The van der Waals surface area contributed by atoms with Gasteiger partial charge in [0.25, 0.3) is 5.91 Å². The van der Waals surface area contributed by atoms with Crippen LogP contribution in [-0.4, -0.2) is 66.3 Å². The van der Waals surface area contributed by atoms with Crippen LogP contribution in [0.2, 0.25) is 0 Å². The maximum absolute atomic E-state index is 12.8. The number of ether oxygens (including phenoxy) is 2. The van der Waals surface area contributed by atoms with Crippen LogP contribution in [0.4, 0.5) is 0 Å². The van der Waals surface area contributed by atoms with Crippen molar-refractivity contribution in [3.63, 3.8) is 0 Å². The summed E-state index contributed by atoms with van der Waals surface area (Å²) in [7, 11) is 0. The number of hydrogen-bond donors (Lipinski definition) is 0. The predicted molar refractivity (Wildman–Crippen MR) is 112 cm³/mol. The highest BCUT2D eigenvalue weighted by atomic mass is 32.2. The zero-order valence-corrected chi connectivity index (χ0v) is 17.0. The summed E-state index contributed by atoms with van der Waals surface area (Å²) in [6.07, 6.45) is -0.631. The SMILES string of the molecule is O=C(CSCc1ccccc1)N1CCN(C(=O)[C@@H]2COc3ccccc3O2)CC1. The lowest BCUT2D eigenvalue weighted by atomic mass is 10.2. The van der Waals surface area contributed by atoms with E-state index in [4.69, 9.17) is 9.47 Å². The Labute approximate surface area is 174 Å². The van der Waals surface area contributed by atoms with Gasteiger partial charge in [0.1, 0.15) is 6.61 Å². The van der Waals surface area contributed by atoms with Gasteiger partial charge in [0.15, 0.2) is 11.5 Å².